The van der Waals surface area contributed by atoms with Crippen molar-refractivity contribution in [3.63, 3.8) is 0 Å². The number of amides is 1. The highest BCUT2D eigenvalue weighted by molar-refractivity contribution is 7.22. The number of aryl methyl sites for hydroxylation is 1. The molecule has 0 bridgehead atoms. The minimum Gasteiger partial charge on any atom is -0.406 e. The summed E-state index contributed by atoms with van der Waals surface area (Å²) < 4.78 is 43.6. The average Bonchev–Trinajstić information content (AvgIpc) is 3.26. The summed E-state index contributed by atoms with van der Waals surface area (Å²) >= 11 is 1.12. The highest BCUT2D eigenvalue weighted by atomic mass is 32.1. The summed E-state index contributed by atoms with van der Waals surface area (Å²) in [5.74, 6) is 0.439. The van der Waals surface area contributed by atoms with Gasteiger partial charge in [-0.1, -0.05) is 11.3 Å². The number of piperidine rings is 1. The number of thiazole rings is 1. The Bertz CT molecular complexity index is 1040. The van der Waals surface area contributed by atoms with Crippen LogP contribution in [0.5, 0.6) is 5.75 Å². The maximum Gasteiger partial charge on any atom is 0.573 e. The SMILES string of the molecule is Cn1ccnc1CN1CCC(C(=O)Nc2nc3ccc(OC(F)(F)F)cc3s2)CC1. The van der Waals surface area contributed by atoms with Crippen LogP contribution in [0.25, 0.3) is 10.2 Å². The number of imidazole rings is 1. The number of carbonyl (C=O) groups is 1. The van der Waals surface area contributed by atoms with Crippen molar-refractivity contribution < 1.29 is 22.7 Å². The van der Waals surface area contributed by atoms with Gasteiger partial charge in [0.2, 0.25) is 5.91 Å². The lowest BCUT2D eigenvalue weighted by molar-refractivity contribution is -0.274. The van der Waals surface area contributed by atoms with Crippen molar-refractivity contribution >= 4 is 32.6 Å². The number of aromatic nitrogens is 3. The number of benzene rings is 1. The Balaban J connectivity index is 1.33. The lowest BCUT2D eigenvalue weighted by Gasteiger charge is -2.30. The molecule has 0 unspecified atom stereocenters. The van der Waals surface area contributed by atoms with Gasteiger partial charge in [-0.25, -0.2) is 9.97 Å². The quantitative estimate of drug-likeness (QED) is 0.655. The Morgan fingerprint density at radius 2 is 2.10 bits per heavy atom. The van der Waals surface area contributed by atoms with E-state index in [2.05, 4.69) is 24.9 Å². The monoisotopic (exact) mass is 439 g/mol. The number of rotatable bonds is 5. The minimum absolute atomic E-state index is 0.113. The van der Waals surface area contributed by atoms with E-state index in [1.807, 2.05) is 17.8 Å². The number of hydrogen-bond donors (Lipinski definition) is 1. The van der Waals surface area contributed by atoms with Crippen LogP contribution in [-0.4, -0.2) is 44.8 Å². The van der Waals surface area contributed by atoms with Gasteiger partial charge in [0, 0.05) is 31.4 Å². The molecule has 0 atom stereocenters. The second-order valence-corrected chi connectivity index (χ2v) is 8.22. The van der Waals surface area contributed by atoms with Crippen molar-refractivity contribution in [3.8, 4) is 5.75 Å². The number of anilines is 1. The minimum atomic E-state index is -4.75. The van der Waals surface area contributed by atoms with Gasteiger partial charge in [0.1, 0.15) is 11.6 Å². The van der Waals surface area contributed by atoms with Crippen LogP contribution in [0.3, 0.4) is 0 Å². The molecule has 1 aromatic carbocycles. The number of halogens is 3. The Hall–Kier alpha value is -2.66. The number of nitrogens with one attached hydrogen (secondary N) is 1. The largest absolute Gasteiger partial charge is 0.573 e. The third kappa shape index (κ3) is 4.90. The van der Waals surface area contributed by atoms with E-state index < -0.39 is 6.36 Å². The predicted molar refractivity (Wildman–Crippen MR) is 106 cm³/mol. The molecule has 1 amide bonds. The van der Waals surface area contributed by atoms with Crippen LogP contribution in [0, 0.1) is 5.92 Å². The molecule has 0 spiro atoms. The van der Waals surface area contributed by atoms with Crippen molar-refractivity contribution in [2.24, 2.45) is 13.0 Å². The second-order valence-electron chi connectivity index (χ2n) is 7.19. The fraction of sp³-hybridized carbons (Fsp3) is 0.421. The summed E-state index contributed by atoms with van der Waals surface area (Å²) in [4.78, 5) is 23.5. The Labute approximate surface area is 174 Å². The van der Waals surface area contributed by atoms with Crippen molar-refractivity contribution in [2.45, 2.75) is 25.7 Å². The second kappa shape index (κ2) is 8.23. The van der Waals surface area contributed by atoms with Crippen LogP contribution in [0.15, 0.2) is 30.6 Å². The van der Waals surface area contributed by atoms with Gasteiger partial charge >= 0.3 is 6.36 Å². The van der Waals surface area contributed by atoms with E-state index in [-0.39, 0.29) is 17.6 Å². The predicted octanol–water partition coefficient (Wildman–Crippen LogP) is 3.78. The van der Waals surface area contributed by atoms with E-state index in [0.717, 1.165) is 49.6 Å². The van der Waals surface area contributed by atoms with Crippen molar-refractivity contribution in [3.05, 3.63) is 36.4 Å². The molecule has 0 aliphatic carbocycles. The van der Waals surface area contributed by atoms with E-state index in [1.165, 1.54) is 18.2 Å². The molecule has 1 aliphatic rings. The zero-order valence-corrected chi connectivity index (χ0v) is 17.0. The van der Waals surface area contributed by atoms with Gasteiger partial charge in [0.25, 0.3) is 0 Å². The highest BCUT2D eigenvalue weighted by Gasteiger charge is 2.31. The van der Waals surface area contributed by atoms with Crippen molar-refractivity contribution in [1.82, 2.24) is 19.4 Å². The summed E-state index contributed by atoms with van der Waals surface area (Å²) in [6, 6.07) is 3.92. The van der Waals surface area contributed by atoms with Crippen LogP contribution >= 0.6 is 11.3 Å². The lowest BCUT2D eigenvalue weighted by atomic mass is 9.96. The number of ether oxygens (including phenoxy) is 1. The van der Waals surface area contributed by atoms with E-state index in [4.69, 9.17) is 0 Å². The zero-order valence-electron chi connectivity index (χ0n) is 16.1. The summed E-state index contributed by atoms with van der Waals surface area (Å²) in [5, 5.41) is 3.18. The number of likely N-dealkylation sites (tertiary alicyclic amines) is 1. The number of carbonyl (C=O) groups excluding carboxylic acids is 1. The molecule has 1 fully saturated rings. The van der Waals surface area contributed by atoms with Gasteiger partial charge in [-0.3, -0.25) is 9.69 Å². The van der Waals surface area contributed by atoms with E-state index in [0.29, 0.717) is 15.3 Å². The highest BCUT2D eigenvalue weighted by Crippen LogP contribution is 2.32. The summed E-state index contributed by atoms with van der Waals surface area (Å²) in [5.41, 5.74) is 0.509. The molecule has 0 radical (unpaired) electrons. The smallest absolute Gasteiger partial charge is 0.406 e. The molecule has 2 aromatic heterocycles. The molecule has 30 heavy (non-hydrogen) atoms. The number of alkyl halides is 3. The average molecular weight is 439 g/mol. The molecular formula is C19H20F3N5O2S. The number of hydrogen-bond acceptors (Lipinski definition) is 6. The Kier molecular flexibility index (Phi) is 5.65. The first-order valence-corrected chi connectivity index (χ1v) is 10.2. The summed E-state index contributed by atoms with van der Waals surface area (Å²) in [6.45, 7) is 2.34. The number of nitrogens with zero attached hydrogens (tertiary/aromatic N) is 4. The first-order chi connectivity index (χ1) is 14.3. The third-order valence-corrected chi connectivity index (χ3v) is 6.00. The van der Waals surface area contributed by atoms with Crippen LogP contribution < -0.4 is 10.1 Å². The standard InChI is InChI=1S/C19H20F3N5O2S/c1-26-9-6-23-16(26)11-27-7-4-12(5-8-27)17(28)25-18-24-14-3-2-13(10-15(14)30-18)29-19(20,21)22/h2-3,6,9-10,12H,4-5,7-8,11H2,1H3,(H,24,25,28). The Morgan fingerprint density at radius 3 is 2.77 bits per heavy atom. The molecular weight excluding hydrogens is 419 g/mol. The Morgan fingerprint density at radius 1 is 1.33 bits per heavy atom. The number of fused-ring (bicyclic) bond motifs is 1. The van der Waals surface area contributed by atoms with Gasteiger partial charge in [-0.05, 0) is 38.1 Å². The maximum absolute atomic E-state index is 12.6. The first-order valence-electron chi connectivity index (χ1n) is 9.42. The van der Waals surface area contributed by atoms with E-state index in [9.17, 15) is 18.0 Å². The van der Waals surface area contributed by atoms with E-state index in [1.54, 1.807) is 6.20 Å². The van der Waals surface area contributed by atoms with Crippen LogP contribution in [0.1, 0.15) is 18.7 Å². The fourth-order valence-corrected chi connectivity index (χ4v) is 4.36. The van der Waals surface area contributed by atoms with Gasteiger partial charge in [0.15, 0.2) is 5.13 Å². The van der Waals surface area contributed by atoms with Gasteiger partial charge in [-0.2, -0.15) is 0 Å². The molecule has 11 heteroatoms. The maximum atomic E-state index is 12.6. The van der Waals surface area contributed by atoms with Crippen molar-refractivity contribution in [2.75, 3.05) is 18.4 Å². The van der Waals surface area contributed by atoms with Crippen molar-refractivity contribution in [1.29, 1.82) is 0 Å². The molecule has 4 rings (SSSR count). The van der Waals surface area contributed by atoms with Gasteiger partial charge < -0.3 is 14.6 Å². The molecule has 7 nitrogen and oxygen atoms in total. The molecule has 1 saturated heterocycles. The fourth-order valence-electron chi connectivity index (χ4n) is 3.47. The first kappa shape index (κ1) is 20.6. The molecule has 3 heterocycles. The molecule has 1 N–H and O–H groups in total. The topological polar surface area (TPSA) is 72.3 Å². The zero-order chi connectivity index (χ0) is 21.3. The molecule has 3 aromatic rings. The van der Waals surface area contributed by atoms with Crippen LogP contribution in [0.2, 0.25) is 0 Å². The van der Waals surface area contributed by atoms with E-state index >= 15 is 0 Å². The van der Waals surface area contributed by atoms with Crippen LogP contribution in [0.4, 0.5) is 18.3 Å². The molecule has 160 valence electrons. The summed E-state index contributed by atoms with van der Waals surface area (Å²) in [7, 11) is 1.96. The summed E-state index contributed by atoms with van der Waals surface area (Å²) in [6.07, 6.45) is 0.382. The third-order valence-electron chi connectivity index (χ3n) is 5.07. The molecule has 1 aliphatic heterocycles. The lowest BCUT2D eigenvalue weighted by Crippen LogP contribution is -2.38. The molecule has 0 saturated carbocycles. The normalized spacial score (nSPS) is 16.1. The van der Waals surface area contributed by atoms with Crippen LogP contribution in [-0.2, 0) is 18.4 Å². The van der Waals surface area contributed by atoms with Gasteiger partial charge in [-0.15, -0.1) is 13.2 Å². The van der Waals surface area contributed by atoms with Gasteiger partial charge in [0.05, 0.1) is 16.8 Å².